The molecule has 0 saturated heterocycles. The first kappa shape index (κ1) is 15.1. The molecule has 0 fully saturated rings. The molecule has 0 saturated carbocycles. The average molecular weight is 323 g/mol. The van der Waals surface area contributed by atoms with Crippen LogP contribution in [0, 0.1) is 0 Å². The van der Waals surface area contributed by atoms with E-state index in [1.165, 1.54) is 24.3 Å². The second-order valence-corrected chi connectivity index (χ2v) is 5.12. The Morgan fingerprint density at radius 3 is 2.13 bits per heavy atom. The molecule has 1 aliphatic heterocycles. The lowest BCUT2D eigenvalue weighted by molar-refractivity contribution is -0.166. The van der Waals surface area contributed by atoms with Crippen molar-refractivity contribution in [1.29, 1.82) is 0 Å². The van der Waals surface area contributed by atoms with E-state index in [1.807, 2.05) is 0 Å². The van der Waals surface area contributed by atoms with E-state index in [4.69, 9.17) is 0 Å². The van der Waals surface area contributed by atoms with Crippen molar-refractivity contribution in [1.82, 2.24) is 0 Å². The van der Waals surface area contributed by atoms with Crippen molar-refractivity contribution in [2.45, 2.75) is 18.4 Å². The Labute approximate surface area is 129 Å². The zero-order valence-corrected chi connectivity index (χ0v) is 11.7. The van der Waals surface area contributed by atoms with E-state index < -0.39 is 11.8 Å². The second kappa shape index (κ2) is 5.15. The van der Waals surface area contributed by atoms with Crippen LogP contribution in [0.2, 0.25) is 0 Å². The first-order chi connectivity index (χ1) is 10.8. The maximum Gasteiger partial charge on any atom is 0.442 e. The van der Waals surface area contributed by atoms with E-state index in [0.29, 0.717) is 12.2 Å². The fraction of sp³-hybridized carbons (Fsp3) is 0.200. The number of alkyl halides is 3. The van der Waals surface area contributed by atoms with Crippen LogP contribution in [0.5, 0.6) is 11.5 Å². The summed E-state index contributed by atoms with van der Waals surface area (Å²) in [7, 11) is 0. The van der Waals surface area contributed by atoms with Crippen molar-refractivity contribution >= 4 is 5.69 Å². The van der Waals surface area contributed by atoms with Gasteiger partial charge in [-0.3, -0.25) is 0 Å². The van der Waals surface area contributed by atoms with Crippen LogP contribution in [0.15, 0.2) is 52.7 Å². The number of nitrogens with one attached hydrogen (secondary N) is 1. The summed E-state index contributed by atoms with van der Waals surface area (Å²) in [6.07, 6.45) is -4.53. The van der Waals surface area contributed by atoms with Crippen LogP contribution in [0.4, 0.5) is 18.9 Å². The van der Waals surface area contributed by atoms with Gasteiger partial charge >= 0.3 is 11.8 Å². The van der Waals surface area contributed by atoms with Crippen molar-refractivity contribution in [2.75, 3.05) is 5.32 Å². The van der Waals surface area contributed by atoms with Gasteiger partial charge in [-0.1, -0.05) is 24.3 Å². The third kappa shape index (κ3) is 2.79. The lowest BCUT2D eigenvalue weighted by atomic mass is 10.0. The highest BCUT2D eigenvalue weighted by Gasteiger charge is 2.65. The Kier molecular flexibility index (Phi) is 3.39. The quantitative estimate of drug-likeness (QED) is 0.590. The lowest BCUT2D eigenvalue weighted by Crippen LogP contribution is -2.30. The predicted molar refractivity (Wildman–Crippen MR) is 76.1 cm³/mol. The van der Waals surface area contributed by atoms with E-state index in [9.17, 15) is 23.4 Å². The smallest absolute Gasteiger partial charge is 0.442 e. The molecular weight excluding hydrogens is 311 g/mol. The number of phenolic OH excluding ortho intramolecular Hbond substituents is 2. The maximum atomic E-state index is 12.9. The van der Waals surface area contributed by atoms with Crippen molar-refractivity contribution in [2.24, 2.45) is 10.2 Å². The molecule has 3 N–H and O–H groups in total. The van der Waals surface area contributed by atoms with Gasteiger partial charge in [0, 0.05) is 23.9 Å². The second-order valence-electron chi connectivity index (χ2n) is 5.12. The Bertz CT molecular complexity index is 752. The highest BCUT2D eigenvalue weighted by molar-refractivity contribution is 5.53. The molecule has 2 aromatic rings. The van der Waals surface area contributed by atoms with Crippen LogP contribution in [0.1, 0.15) is 11.1 Å². The van der Waals surface area contributed by atoms with E-state index in [-0.39, 0.29) is 17.1 Å². The lowest BCUT2D eigenvalue weighted by Gasteiger charge is -2.15. The average Bonchev–Trinajstić information content (AvgIpc) is 3.30. The third-order valence-electron chi connectivity index (χ3n) is 3.52. The van der Waals surface area contributed by atoms with Gasteiger partial charge in [0.2, 0.25) is 0 Å². The van der Waals surface area contributed by atoms with Gasteiger partial charge in [0.15, 0.2) is 11.5 Å². The summed E-state index contributed by atoms with van der Waals surface area (Å²) >= 11 is 0. The summed E-state index contributed by atoms with van der Waals surface area (Å²) in [5.74, 6) is -0.483. The number of rotatable bonds is 4. The van der Waals surface area contributed by atoms with Crippen molar-refractivity contribution in [3.05, 3.63) is 53.6 Å². The molecule has 0 spiro atoms. The summed E-state index contributed by atoms with van der Waals surface area (Å²) in [5.41, 5.74) is -1.10. The standard InChI is InChI=1S/C15H12F3N3O2/c16-15(17,18)14(20-21-14)10-3-1-9(2-4-10)8-19-11-5-6-12(22)13(23)7-11/h1-7,19,22-23H,8H2. The zero-order valence-electron chi connectivity index (χ0n) is 11.7. The first-order valence-electron chi connectivity index (χ1n) is 6.68. The van der Waals surface area contributed by atoms with Crippen LogP contribution < -0.4 is 5.32 Å². The third-order valence-corrected chi connectivity index (χ3v) is 3.52. The topological polar surface area (TPSA) is 77.2 Å². The molecule has 2 aromatic carbocycles. The number of phenols is 2. The number of hydrogen-bond donors (Lipinski definition) is 3. The van der Waals surface area contributed by atoms with Gasteiger partial charge in [-0.25, -0.2) is 0 Å². The summed E-state index contributed by atoms with van der Waals surface area (Å²) in [4.78, 5) is 0. The van der Waals surface area contributed by atoms with E-state index in [0.717, 1.165) is 5.56 Å². The minimum absolute atomic E-state index is 0.0176. The number of halogens is 3. The molecule has 1 heterocycles. The normalized spacial score (nSPS) is 15.4. The molecule has 0 amide bonds. The minimum Gasteiger partial charge on any atom is -0.504 e. The molecule has 0 radical (unpaired) electrons. The fourth-order valence-corrected chi connectivity index (χ4v) is 2.14. The molecule has 5 nitrogen and oxygen atoms in total. The molecule has 0 unspecified atom stereocenters. The van der Waals surface area contributed by atoms with E-state index in [2.05, 4.69) is 15.5 Å². The van der Waals surface area contributed by atoms with Crippen LogP contribution >= 0.6 is 0 Å². The Morgan fingerprint density at radius 1 is 0.957 bits per heavy atom. The van der Waals surface area contributed by atoms with Crippen molar-refractivity contribution in [3.8, 4) is 11.5 Å². The zero-order chi connectivity index (χ0) is 16.7. The summed E-state index contributed by atoms with van der Waals surface area (Å²) in [6, 6.07) is 10.1. The molecule has 0 bridgehead atoms. The Balaban J connectivity index is 1.67. The highest BCUT2D eigenvalue weighted by Crippen LogP contribution is 2.52. The molecule has 23 heavy (non-hydrogen) atoms. The molecule has 3 rings (SSSR count). The van der Waals surface area contributed by atoms with Gasteiger partial charge < -0.3 is 15.5 Å². The predicted octanol–water partition coefficient (Wildman–Crippen LogP) is 3.89. The van der Waals surface area contributed by atoms with Gasteiger partial charge in [0.05, 0.1) is 0 Å². The number of hydrogen-bond acceptors (Lipinski definition) is 5. The SMILES string of the molecule is Oc1ccc(NCc2ccc(C3(C(F)(F)F)N=N3)cc2)cc1O. The van der Waals surface area contributed by atoms with E-state index in [1.54, 1.807) is 18.2 Å². The molecular formula is C15H12F3N3O2. The molecule has 1 aliphatic rings. The number of aromatic hydroxyl groups is 2. The summed E-state index contributed by atoms with van der Waals surface area (Å²) in [5, 5.41) is 27.9. The number of benzene rings is 2. The maximum absolute atomic E-state index is 12.9. The summed E-state index contributed by atoms with van der Waals surface area (Å²) < 4.78 is 38.6. The number of anilines is 1. The first-order valence-corrected chi connectivity index (χ1v) is 6.68. The summed E-state index contributed by atoms with van der Waals surface area (Å²) in [6.45, 7) is 0.345. The highest BCUT2D eigenvalue weighted by atomic mass is 19.4. The Hall–Kier alpha value is -2.77. The molecule has 0 atom stereocenters. The van der Waals surface area contributed by atoms with Crippen LogP contribution in [0.3, 0.4) is 0 Å². The van der Waals surface area contributed by atoms with Gasteiger partial charge in [-0.05, 0) is 17.7 Å². The molecule has 0 aromatic heterocycles. The number of nitrogens with zero attached hydrogens (tertiary/aromatic N) is 2. The largest absolute Gasteiger partial charge is 0.504 e. The van der Waals surface area contributed by atoms with Crippen LogP contribution in [-0.4, -0.2) is 16.4 Å². The fourth-order valence-electron chi connectivity index (χ4n) is 2.14. The van der Waals surface area contributed by atoms with Gasteiger partial charge in [0.25, 0.3) is 0 Å². The van der Waals surface area contributed by atoms with Crippen LogP contribution in [-0.2, 0) is 12.2 Å². The van der Waals surface area contributed by atoms with Gasteiger partial charge in [-0.2, -0.15) is 13.2 Å². The molecule has 120 valence electrons. The molecule has 8 heteroatoms. The minimum atomic E-state index is -4.53. The monoisotopic (exact) mass is 323 g/mol. The molecule has 0 aliphatic carbocycles. The van der Waals surface area contributed by atoms with E-state index >= 15 is 0 Å². The Morgan fingerprint density at radius 2 is 1.61 bits per heavy atom. The van der Waals surface area contributed by atoms with Crippen molar-refractivity contribution < 1.29 is 23.4 Å². The van der Waals surface area contributed by atoms with Gasteiger partial charge in [-0.15, -0.1) is 10.2 Å². The van der Waals surface area contributed by atoms with Crippen LogP contribution in [0.25, 0.3) is 0 Å². The van der Waals surface area contributed by atoms with Crippen molar-refractivity contribution in [3.63, 3.8) is 0 Å². The van der Waals surface area contributed by atoms with Gasteiger partial charge in [0.1, 0.15) is 0 Å².